The van der Waals surface area contributed by atoms with Gasteiger partial charge < -0.3 is 4.74 Å². The highest BCUT2D eigenvalue weighted by atomic mass is 79.9. The lowest BCUT2D eigenvalue weighted by molar-refractivity contribution is -0.150. The summed E-state index contributed by atoms with van der Waals surface area (Å²) in [6.45, 7) is 0.242. The highest BCUT2D eigenvalue weighted by Crippen LogP contribution is 2.56. The molecule has 0 aromatic carbocycles. The van der Waals surface area contributed by atoms with Gasteiger partial charge in [0.25, 0.3) is 0 Å². The average Bonchev–Trinajstić information content (AvgIpc) is 2.33. The maximum Gasteiger partial charge on any atom is 0.389 e. The van der Waals surface area contributed by atoms with Crippen LogP contribution in [0.3, 0.4) is 0 Å². The van der Waals surface area contributed by atoms with E-state index in [1.165, 1.54) is 19.3 Å². The summed E-state index contributed by atoms with van der Waals surface area (Å²) in [5.41, 5.74) is 0.219. The second kappa shape index (κ2) is 5.70. The van der Waals surface area contributed by atoms with Gasteiger partial charge in [0, 0.05) is 23.3 Å². The zero-order valence-corrected chi connectivity index (χ0v) is 12.0. The second-order valence-corrected chi connectivity index (χ2v) is 6.68. The smallest absolute Gasteiger partial charge is 0.378 e. The van der Waals surface area contributed by atoms with Gasteiger partial charge in [0.1, 0.15) is 0 Å². The molecule has 2 aliphatic rings. The van der Waals surface area contributed by atoms with Crippen molar-refractivity contribution in [2.45, 2.75) is 68.5 Å². The average molecular weight is 329 g/mol. The SMILES string of the molecule is FC(F)(F)CCCOC1CC(Br)C12CCCCC2. The summed E-state index contributed by atoms with van der Waals surface area (Å²) < 4.78 is 41.8. The molecule has 2 aliphatic carbocycles. The van der Waals surface area contributed by atoms with Crippen LogP contribution in [0.4, 0.5) is 13.2 Å². The summed E-state index contributed by atoms with van der Waals surface area (Å²) in [5, 5.41) is 0. The fourth-order valence-electron chi connectivity index (χ4n) is 3.28. The minimum atomic E-state index is -4.05. The first-order valence-electron chi connectivity index (χ1n) is 6.76. The van der Waals surface area contributed by atoms with E-state index in [2.05, 4.69) is 15.9 Å². The van der Waals surface area contributed by atoms with E-state index in [9.17, 15) is 13.2 Å². The van der Waals surface area contributed by atoms with Gasteiger partial charge in [-0.05, 0) is 25.7 Å². The molecule has 2 atom stereocenters. The van der Waals surface area contributed by atoms with Crippen molar-refractivity contribution in [1.82, 2.24) is 0 Å². The Labute approximate surface area is 115 Å². The Kier molecular flexibility index (Phi) is 4.63. The lowest BCUT2D eigenvalue weighted by atomic mass is 9.58. The largest absolute Gasteiger partial charge is 0.389 e. The number of alkyl halides is 4. The van der Waals surface area contributed by atoms with Crippen LogP contribution in [0.2, 0.25) is 0 Å². The van der Waals surface area contributed by atoms with Gasteiger partial charge in [0.05, 0.1) is 6.10 Å². The molecule has 0 N–H and O–H groups in total. The molecule has 0 amide bonds. The molecule has 2 saturated carbocycles. The molecule has 0 aromatic heterocycles. The lowest BCUT2D eigenvalue weighted by Gasteiger charge is -2.55. The summed E-state index contributed by atoms with van der Waals surface area (Å²) in [4.78, 5) is 0.498. The summed E-state index contributed by atoms with van der Waals surface area (Å²) in [5.74, 6) is 0. The molecule has 2 unspecified atom stereocenters. The van der Waals surface area contributed by atoms with E-state index in [1.807, 2.05) is 0 Å². The second-order valence-electron chi connectivity index (χ2n) is 5.58. The molecule has 2 fully saturated rings. The zero-order chi connectivity index (χ0) is 13.2. The van der Waals surface area contributed by atoms with Crippen molar-refractivity contribution < 1.29 is 17.9 Å². The number of hydrogen-bond acceptors (Lipinski definition) is 1. The Morgan fingerprint density at radius 2 is 1.83 bits per heavy atom. The molecule has 0 bridgehead atoms. The Bertz CT molecular complexity index is 274. The molecule has 1 nitrogen and oxygen atoms in total. The number of ether oxygens (including phenoxy) is 1. The van der Waals surface area contributed by atoms with Crippen molar-refractivity contribution in [2.24, 2.45) is 5.41 Å². The van der Waals surface area contributed by atoms with Crippen LogP contribution >= 0.6 is 15.9 Å². The van der Waals surface area contributed by atoms with Crippen molar-refractivity contribution in [3.8, 4) is 0 Å². The molecule has 106 valence electrons. The predicted octanol–water partition coefficient (Wildman–Crippen LogP) is 4.83. The van der Waals surface area contributed by atoms with E-state index in [0.717, 1.165) is 19.3 Å². The Morgan fingerprint density at radius 1 is 1.17 bits per heavy atom. The molecule has 0 heterocycles. The molecule has 1 spiro atoms. The van der Waals surface area contributed by atoms with Crippen molar-refractivity contribution in [3.05, 3.63) is 0 Å². The molecule has 0 saturated heterocycles. The quantitative estimate of drug-likeness (QED) is 0.530. The van der Waals surface area contributed by atoms with Gasteiger partial charge in [0.2, 0.25) is 0 Å². The summed E-state index contributed by atoms with van der Waals surface area (Å²) in [7, 11) is 0. The van der Waals surface area contributed by atoms with E-state index in [-0.39, 0.29) is 24.5 Å². The summed E-state index contributed by atoms with van der Waals surface area (Å²) >= 11 is 3.70. The van der Waals surface area contributed by atoms with E-state index < -0.39 is 12.6 Å². The molecular formula is C13H20BrF3O. The van der Waals surface area contributed by atoms with Crippen LogP contribution in [0, 0.1) is 5.41 Å². The predicted molar refractivity (Wildman–Crippen MR) is 67.9 cm³/mol. The molecule has 5 heteroatoms. The maximum atomic E-state index is 12.0. The van der Waals surface area contributed by atoms with E-state index in [1.54, 1.807) is 0 Å². The Morgan fingerprint density at radius 3 is 2.39 bits per heavy atom. The van der Waals surface area contributed by atoms with Crippen molar-refractivity contribution in [1.29, 1.82) is 0 Å². The normalized spacial score (nSPS) is 31.3. The van der Waals surface area contributed by atoms with Gasteiger partial charge in [-0.2, -0.15) is 13.2 Å². The fraction of sp³-hybridized carbons (Fsp3) is 1.00. The van der Waals surface area contributed by atoms with Crippen molar-refractivity contribution in [3.63, 3.8) is 0 Å². The number of rotatable bonds is 4. The zero-order valence-electron chi connectivity index (χ0n) is 10.4. The molecule has 0 aromatic rings. The fourth-order valence-corrected chi connectivity index (χ4v) is 4.37. The van der Waals surface area contributed by atoms with Gasteiger partial charge in [0.15, 0.2) is 0 Å². The number of hydrogen-bond donors (Lipinski definition) is 0. The van der Waals surface area contributed by atoms with Gasteiger partial charge in [-0.1, -0.05) is 35.2 Å². The molecule has 2 rings (SSSR count). The van der Waals surface area contributed by atoms with Crippen LogP contribution in [-0.2, 0) is 4.74 Å². The van der Waals surface area contributed by atoms with Gasteiger partial charge >= 0.3 is 6.18 Å². The van der Waals surface area contributed by atoms with Gasteiger partial charge in [-0.25, -0.2) is 0 Å². The Hall–Kier alpha value is 0.230. The van der Waals surface area contributed by atoms with E-state index in [4.69, 9.17) is 4.74 Å². The summed E-state index contributed by atoms with van der Waals surface area (Å²) in [6, 6.07) is 0. The third kappa shape index (κ3) is 3.21. The minimum Gasteiger partial charge on any atom is -0.378 e. The molecular weight excluding hydrogens is 309 g/mol. The highest BCUT2D eigenvalue weighted by Gasteiger charge is 2.54. The van der Waals surface area contributed by atoms with E-state index >= 15 is 0 Å². The maximum absolute atomic E-state index is 12.0. The highest BCUT2D eigenvalue weighted by molar-refractivity contribution is 9.09. The van der Waals surface area contributed by atoms with Crippen molar-refractivity contribution >= 4 is 15.9 Å². The number of halogens is 4. The van der Waals surface area contributed by atoms with E-state index in [0.29, 0.717) is 4.83 Å². The lowest BCUT2D eigenvalue weighted by Crippen LogP contribution is -2.56. The first-order chi connectivity index (χ1) is 8.44. The molecule has 0 aliphatic heterocycles. The third-order valence-corrected chi connectivity index (χ3v) is 5.68. The van der Waals surface area contributed by atoms with Crippen LogP contribution in [0.1, 0.15) is 51.4 Å². The monoisotopic (exact) mass is 328 g/mol. The van der Waals surface area contributed by atoms with Crippen LogP contribution in [-0.4, -0.2) is 23.7 Å². The molecule has 0 radical (unpaired) electrons. The van der Waals surface area contributed by atoms with Crippen LogP contribution in [0.15, 0.2) is 0 Å². The van der Waals surface area contributed by atoms with Crippen LogP contribution < -0.4 is 0 Å². The van der Waals surface area contributed by atoms with Gasteiger partial charge in [-0.3, -0.25) is 0 Å². The first kappa shape index (κ1) is 14.6. The van der Waals surface area contributed by atoms with Crippen LogP contribution in [0.5, 0.6) is 0 Å². The summed E-state index contributed by atoms with van der Waals surface area (Å²) in [6.07, 6.45) is 2.48. The Balaban J connectivity index is 1.73. The van der Waals surface area contributed by atoms with Crippen molar-refractivity contribution in [2.75, 3.05) is 6.61 Å². The topological polar surface area (TPSA) is 9.23 Å². The standard InChI is InChI=1S/C13H20BrF3O/c14-10-9-11(12(10)5-2-1-3-6-12)18-8-4-7-13(15,16)17/h10-11H,1-9H2. The minimum absolute atomic E-state index is 0.0863. The first-order valence-corrected chi connectivity index (χ1v) is 7.68. The van der Waals surface area contributed by atoms with Gasteiger partial charge in [-0.15, -0.1) is 0 Å². The van der Waals surface area contributed by atoms with Crippen LogP contribution in [0.25, 0.3) is 0 Å². The third-order valence-electron chi connectivity index (χ3n) is 4.39. The molecule has 18 heavy (non-hydrogen) atoms.